The molecular formula is C10H22N2O3. The fourth-order valence-corrected chi connectivity index (χ4v) is 1.62. The average molecular weight is 218 g/mol. The first-order valence-electron chi connectivity index (χ1n) is 5.28. The summed E-state index contributed by atoms with van der Waals surface area (Å²) in [6, 6.07) is 0.0901. The Morgan fingerprint density at radius 3 is 2.60 bits per heavy atom. The van der Waals surface area contributed by atoms with E-state index in [0.717, 1.165) is 13.1 Å². The minimum atomic E-state index is -0.951. The summed E-state index contributed by atoms with van der Waals surface area (Å²) in [5.74, 6) is 0. The molecule has 0 spiro atoms. The van der Waals surface area contributed by atoms with E-state index in [2.05, 4.69) is 10.6 Å². The van der Waals surface area contributed by atoms with E-state index < -0.39 is 6.41 Å². The van der Waals surface area contributed by atoms with Gasteiger partial charge in [-0.25, -0.2) is 0 Å². The maximum absolute atomic E-state index is 9.64. The summed E-state index contributed by atoms with van der Waals surface area (Å²) >= 11 is 0. The number of hydrogen-bond donors (Lipinski definition) is 3. The van der Waals surface area contributed by atoms with Gasteiger partial charge in [-0.05, 0) is 20.8 Å². The second kappa shape index (κ2) is 5.23. The lowest BCUT2D eigenvalue weighted by Crippen LogP contribution is -2.48. The lowest BCUT2D eigenvalue weighted by atomic mass is 10.2. The Morgan fingerprint density at radius 2 is 2.07 bits per heavy atom. The Kier molecular flexibility index (Phi) is 4.48. The highest BCUT2D eigenvalue weighted by Gasteiger charge is 2.29. The van der Waals surface area contributed by atoms with Crippen molar-refractivity contribution in [1.29, 1.82) is 0 Å². The number of rotatable bonds is 4. The summed E-state index contributed by atoms with van der Waals surface area (Å²) in [4.78, 5) is 0. The molecule has 5 nitrogen and oxygen atoms in total. The van der Waals surface area contributed by atoms with Gasteiger partial charge in [-0.3, -0.25) is 5.32 Å². The fraction of sp³-hybridized carbons (Fsp3) is 1.00. The summed E-state index contributed by atoms with van der Waals surface area (Å²) in [6.07, 6.45) is -0.865. The number of aliphatic hydroxyl groups is 1. The van der Waals surface area contributed by atoms with Gasteiger partial charge in [0.15, 0.2) is 0 Å². The SMILES string of the molecule is CO[C@H]1CNC[C@@H]1NC(O)OC(C)(C)C. The molecule has 0 bridgehead atoms. The smallest absolute Gasteiger partial charge is 0.214 e. The molecule has 1 heterocycles. The molecule has 5 heteroatoms. The molecule has 1 rings (SSSR count). The van der Waals surface area contributed by atoms with Crippen molar-refractivity contribution < 1.29 is 14.6 Å². The van der Waals surface area contributed by atoms with Crippen LogP contribution in [0, 0.1) is 0 Å². The third-order valence-corrected chi connectivity index (χ3v) is 2.28. The van der Waals surface area contributed by atoms with Crippen LogP contribution in [0.25, 0.3) is 0 Å². The van der Waals surface area contributed by atoms with Crippen LogP contribution in [0.5, 0.6) is 0 Å². The third-order valence-electron chi connectivity index (χ3n) is 2.28. The number of aliphatic hydroxyl groups excluding tert-OH is 1. The monoisotopic (exact) mass is 218 g/mol. The maximum Gasteiger partial charge on any atom is 0.214 e. The Hall–Kier alpha value is -0.200. The van der Waals surface area contributed by atoms with Crippen molar-refractivity contribution in [3.05, 3.63) is 0 Å². The van der Waals surface area contributed by atoms with E-state index in [1.807, 2.05) is 20.8 Å². The van der Waals surface area contributed by atoms with Crippen molar-refractivity contribution in [2.24, 2.45) is 0 Å². The molecule has 1 aliphatic heterocycles. The maximum atomic E-state index is 9.64. The molecule has 0 radical (unpaired) electrons. The molecule has 3 atom stereocenters. The largest absolute Gasteiger partial charge is 0.378 e. The number of methoxy groups -OCH3 is 1. The van der Waals surface area contributed by atoms with E-state index in [-0.39, 0.29) is 17.7 Å². The first kappa shape index (κ1) is 12.9. The van der Waals surface area contributed by atoms with Crippen molar-refractivity contribution in [3.8, 4) is 0 Å². The van der Waals surface area contributed by atoms with Crippen molar-refractivity contribution in [2.45, 2.75) is 44.9 Å². The van der Waals surface area contributed by atoms with Gasteiger partial charge in [0.05, 0.1) is 17.7 Å². The van der Waals surface area contributed by atoms with Crippen LogP contribution >= 0.6 is 0 Å². The Balaban J connectivity index is 2.34. The highest BCUT2D eigenvalue weighted by molar-refractivity contribution is 4.87. The average Bonchev–Trinajstić information content (AvgIpc) is 2.48. The molecule has 0 saturated carbocycles. The van der Waals surface area contributed by atoms with Crippen LogP contribution in [0.3, 0.4) is 0 Å². The molecule has 15 heavy (non-hydrogen) atoms. The van der Waals surface area contributed by atoms with E-state index in [1.165, 1.54) is 0 Å². The molecule has 1 aliphatic rings. The van der Waals surface area contributed by atoms with Gasteiger partial charge >= 0.3 is 0 Å². The molecule has 0 aromatic rings. The van der Waals surface area contributed by atoms with Crippen molar-refractivity contribution in [2.75, 3.05) is 20.2 Å². The molecule has 0 amide bonds. The molecule has 1 unspecified atom stereocenters. The molecule has 0 aromatic heterocycles. The van der Waals surface area contributed by atoms with Crippen LogP contribution in [0.1, 0.15) is 20.8 Å². The Morgan fingerprint density at radius 1 is 1.40 bits per heavy atom. The van der Waals surface area contributed by atoms with Crippen LogP contribution in [0.4, 0.5) is 0 Å². The van der Waals surface area contributed by atoms with Gasteiger partial charge in [-0.1, -0.05) is 0 Å². The predicted octanol–water partition coefficient (Wildman–Crippen LogP) is -0.346. The van der Waals surface area contributed by atoms with E-state index in [0.29, 0.717) is 0 Å². The normalized spacial score (nSPS) is 29.4. The van der Waals surface area contributed by atoms with Gasteiger partial charge in [0.1, 0.15) is 0 Å². The molecular weight excluding hydrogens is 196 g/mol. The first-order chi connectivity index (χ1) is 6.92. The van der Waals surface area contributed by atoms with Crippen molar-refractivity contribution in [1.82, 2.24) is 10.6 Å². The van der Waals surface area contributed by atoms with E-state index in [4.69, 9.17) is 9.47 Å². The second-order valence-corrected chi connectivity index (χ2v) is 4.79. The molecule has 90 valence electrons. The summed E-state index contributed by atoms with van der Waals surface area (Å²) in [7, 11) is 1.67. The highest BCUT2D eigenvalue weighted by Crippen LogP contribution is 2.10. The van der Waals surface area contributed by atoms with Crippen LogP contribution in [-0.4, -0.2) is 49.5 Å². The summed E-state index contributed by atoms with van der Waals surface area (Å²) in [5.41, 5.74) is -0.360. The first-order valence-corrected chi connectivity index (χ1v) is 5.28. The topological polar surface area (TPSA) is 62.8 Å². The number of ether oxygens (including phenoxy) is 2. The van der Waals surface area contributed by atoms with Gasteiger partial charge in [0, 0.05) is 20.2 Å². The standard InChI is InChI=1S/C10H22N2O3/c1-10(2,3)15-9(13)12-7-5-11-6-8(7)14-4/h7-9,11-13H,5-6H2,1-4H3/t7-,8-,9?/m0/s1. The van der Waals surface area contributed by atoms with Crippen LogP contribution in [-0.2, 0) is 9.47 Å². The summed E-state index contributed by atoms with van der Waals surface area (Å²) in [5, 5.41) is 15.8. The molecule has 3 N–H and O–H groups in total. The second-order valence-electron chi connectivity index (χ2n) is 4.79. The van der Waals surface area contributed by atoms with E-state index in [9.17, 15) is 5.11 Å². The molecule has 1 fully saturated rings. The quantitative estimate of drug-likeness (QED) is 0.563. The number of nitrogens with one attached hydrogen (secondary N) is 2. The van der Waals surface area contributed by atoms with Gasteiger partial charge in [0.25, 0.3) is 0 Å². The fourth-order valence-electron chi connectivity index (χ4n) is 1.62. The Bertz CT molecular complexity index is 194. The lowest BCUT2D eigenvalue weighted by molar-refractivity contribution is -0.187. The zero-order valence-corrected chi connectivity index (χ0v) is 9.91. The summed E-state index contributed by atoms with van der Waals surface area (Å²) < 4.78 is 10.6. The lowest BCUT2D eigenvalue weighted by Gasteiger charge is -2.28. The van der Waals surface area contributed by atoms with Gasteiger partial charge < -0.3 is 19.9 Å². The third kappa shape index (κ3) is 4.44. The zero-order chi connectivity index (χ0) is 11.5. The van der Waals surface area contributed by atoms with Gasteiger partial charge in [0.2, 0.25) is 6.41 Å². The zero-order valence-electron chi connectivity index (χ0n) is 9.91. The Labute approximate surface area is 91.1 Å². The van der Waals surface area contributed by atoms with Gasteiger partial charge in [-0.2, -0.15) is 0 Å². The minimum Gasteiger partial charge on any atom is -0.378 e. The number of hydrogen-bond acceptors (Lipinski definition) is 5. The van der Waals surface area contributed by atoms with Gasteiger partial charge in [-0.15, -0.1) is 0 Å². The molecule has 0 aromatic carbocycles. The summed E-state index contributed by atoms with van der Waals surface area (Å²) in [6.45, 7) is 7.29. The van der Waals surface area contributed by atoms with Crippen LogP contribution < -0.4 is 10.6 Å². The van der Waals surface area contributed by atoms with Crippen molar-refractivity contribution in [3.63, 3.8) is 0 Å². The van der Waals surface area contributed by atoms with Crippen molar-refractivity contribution >= 4 is 0 Å². The highest BCUT2D eigenvalue weighted by atomic mass is 16.6. The van der Waals surface area contributed by atoms with E-state index >= 15 is 0 Å². The molecule has 1 saturated heterocycles. The predicted molar refractivity (Wildman–Crippen MR) is 57.4 cm³/mol. The van der Waals surface area contributed by atoms with Crippen LogP contribution in [0.15, 0.2) is 0 Å². The van der Waals surface area contributed by atoms with Crippen LogP contribution in [0.2, 0.25) is 0 Å². The minimum absolute atomic E-state index is 0.0863. The van der Waals surface area contributed by atoms with E-state index in [1.54, 1.807) is 7.11 Å². The molecule has 0 aliphatic carbocycles.